The third kappa shape index (κ3) is 4.44. The zero-order chi connectivity index (χ0) is 19.6. The van der Waals surface area contributed by atoms with Gasteiger partial charge in [-0.15, -0.1) is 0 Å². The minimum absolute atomic E-state index is 0.379. The normalized spacial score (nSPS) is 10.7. The standard InChI is InChI=1S/C21H19ClN2O3/c1-12-4-6-19-16(8-12)17(10-14(3)23-19)21(26)27-11-20(25)24-18-7-5-15(22)9-13(18)2/h4-10H,11H2,1-3H3,(H,24,25). The van der Waals surface area contributed by atoms with Crippen LogP contribution in [0.1, 0.15) is 27.2 Å². The molecule has 1 amide bonds. The van der Waals surface area contributed by atoms with E-state index >= 15 is 0 Å². The Morgan fingerprint density at radius 3 is 2.59 bits per heavy atom. The molecular formula is C21H19ClN2O3. The van der Waals surface area contributed by atoms with E-state index in [4.69, 9.17) is 16.3 Å². The van der Waals surface area contributed by atoms with Crippen LogP contribution in [0, 0.1) is 20.8 Å². The highest BCUT2D eigenvalue weighted by Gasteiger charge is 2.15. The van der Waals surface area contributed by atoms with Gasteiger partial charge in [0, 0.05) is 21.8 Å². The lowest BCUT2D eigenvalue weighted by atomic mass is 10.1. The number of hydrogen-bond donors (Lipinski definition) is 1. The highest BCUT2D eigenvalue weighted by Crippen LogP contribution is 2.21. The van der Waals surface area contributed by atoms with Gasteiger partial charge < -0.3 is 10.1 Å². The zero-order valence-electron chi connectivity index (χ0n) is 15.3. The molecular weight excluding hydrogens is 364 g/mol. The Hall–Kier alpha value is -2.92. The molecule has 0 atom stereocenters. The summed E-state index contributed by atoms with van der Waals surface area (Å²) in [6, 6.07) is 12.5. The number of benzene rings is 2. The van der Waals surface area contributed by atoms with Crippen molar-refractivity contribution in [2.24, 2.45) is 0 Å². The smallest absolute Gasteiger partial charge is 0.339 e. The molecule has 0 fully saturated rings. The number of halogens is 1. The average molecular weight is 383 g/mol. The van der Waals surface area contributed by atoms with E-state index in [1.807, 2.05) is 39.0 Å². The second kappa shape index (κ2) is 7.76. The van der Waals surface area contributed by atoms with Gasteiger partial charge in [0.05, 0.1) is 11.1 Å². The van der Waals surface area contributed by atoms with Gasteiger partial charge in [-0.1, -0.05) is 23.2 Å². The number of fused-ring (bicyclic) bond motifs is 1. The predicted molar refractivity (Wildman–Crippen MR) is 106 cm³/mol. The molecule has 138 valence electrons. The van der Waals surface area contributed by atoms with Gasteiger partial charge in [0.15, 0.2) is 6.61 Å². The summed E-state index contributed by atoms with van der Waals surface area (Å²) in [6.45, 7) is 5.21. The number of esters is 1. The maximum atomic E-state index is 12.5. The first-order valence-corrected chi connectivity index (χ1v) is 8.82. The fourth-order valence-electron chi connectivity index (χ4n) is 2.80. The Morgan fingerprint density at radius 2 is 1.85 bits per heavy atom. The van der Waals surface area contributed by atoms with Gasteiger partial charge in [0.1, 0.15) is 0 Å². The van der Waals surface area contributed by atoms with Crippen molar-refractivity contribution in [1.29, 1.82) is 0 Å². The van der Waals surface area contributed by atoms with E-state index in [9.17, 15) is 9.59 Å². The first kappa shape index (κ1) is 18.9. The summed E-state index contributed by atoms with van der Waals surface area (Å²) in [5.74, 6) is -0.973. The molecule has 1 N–H and O–H groups in total. The molecule has 1 aromatic heterocycles. The molecule has 0 spiro atoms. The minimum Gasteiger partial charge on any atom is -0.452 e. The van der Waals surface area contributed by atoms with Crippen molar-refractivity contribution < 1.29 is 14.3 Å². The maximum Gasteiger partial charge on any atom is 0.339 e. The monoisotopic (exact) mass is 382 g/mol. The number of anilines is 1. The molecule has 2 aromatic carbocycles. The molecule has 0 bridgehead atoms. The number of carbonyl (C=O) groups is 2. The number of amides is 1. The molecule has 3 aromatic rings. The van der Waals surface area contributed by atoms with Crippen molar-refractivity contribution >= 4 is 40.1 Å². The molecule has 0 unspecified atom stereocenters. The second-order valence-corrected chi connectivity index (χ2v) is 6.85. The van der Waals surface area contributed by atoms with Crippen molar-refractivity contribution in [2.75, 3.05) is 11.9 Å². The van der Waals surface area contributed by atoms with Crippen molar-refractivity contribution in [1.82, 2.24) is 4.98 Å². The Morgan fingerprint density at radius 1 is 1.07 bits per heavy atom. The average Bonchev–Trinajstić information content (AvgIpc) is 2.61. The Balaban J connectivity index is 1.73. The lowest BCUT2D eigenvalue weighted by molar-refractivity contribution is -0.119. The first-order valence-electron chi connectivity index (χ1n) is 8.44. The molecule has 0 aliphatic heterocycles. The fourth-order valence-corrected chi connectivity index (χ4v) is 3.03. The lowest BCUT2D eigenvalue weighted by Crippen LogP contribution is -2.21. The van der Waals surface area contributed by atoms with Gasteiger partial charge in [-0.05, 0) is 62.7 Å². The summed E-state index contributed by atoms with van der Waals surface area (Å²) < 4.78 is 5.22. The van der Waals surface area contributed by atoms with E-state index in [0.717, 1.165) is 11.1 Å². The molecule has 0 aliphatic carbocycles. The van der Waals surface area contributed by atoms with Crippen LogP contribution in [0.25, 0.3) is 10.9 Å². The highest BCUT2D eigenvalue weighted by atomic mass is 35.5. The van der Waals surface area contributed by atoms with Crippen molar-refractivity contribution in [3.05, 3.63) is 69.9 Å². The molecule has 5 nitrogen and oxygen atoms in total. The van der Waals surface area contributed by atoms with Crippen LogP contribution in [0.5, 0.6) is 0 Å². The van der Waals surface area contributed by atoms with Crippen LogP contribution >= 0.6 is 11.6 Å². The number of hydrogen-bond acceptors (Lipinski definition) is 4. The third-order valence-electron chi connectivity index (χ3n) is 4.11. The van der Waals surface area contributed by atoms with Crippen LogP contribution < -0.4 is 5.32 Å². The van der Waals surface area contributed by atoms with Gasteiger partial charge in [-0.3, -0.25) is 9.78 Å². The van der Waals surface area contributed by atoms with Crippen molar-refractivity contribution in [2.45, 2.75) is 20.8 Å². The molecule has 0 radical (unpaired) electrons. The van der Waals surface area contributed by atoms with Crippen LogP contribution in [0.2, 0.25) is 5.02 Å². The quantitative estimate of drug-likeness (QED) is 0.669. The number of rotatable bonds is 4. The SMILES string of the molecule is Cc1ccc2nc(C)cc(C(=O)OCC(=O)Nc3ccc(Cl)cc3C)c2c1. The number of nitrogens with zero attached hydrogens (tertiary/aromatic N) is 1. The topological polar surface area (TPSA) is 68.3 Å². The van der Waals surface area contributed by atoms with Crippen LogP contribution in [0.15, 0.2) is 42.5 Å². The maximum absolute atomic E-state index is 12.5. The van der Waals surface area contributed by atoms with E-state index in [1.165, 1.54) is 0 Å². The van der Waals surface area contributed by atoms with Gasteiger partial charge in [0.2, 0.25) is 0 Å². The number of aromatic nitrogens is 1. The summed E-state index contributed by atoms with van der Waals surface area (Å²) in [7, 11) is 0. The van der Waals surface area contributed by atoms with Gasteiger partial charge in [-0.25, -0.2) is 4.79 Å². The summed E-state index contributed by atoms with van der Waals surface area (Å²) in [6.07, 6.45) is 0. The molecule has 6 heteroatoms. The fraction of sp³-hybridized carbons (Fsp3) is 0.190. The zero-order valence-corrected chi connectivity index (χ0v) is 16.1. The highest BCUT2D eigenvalue weighted by molar-refractivity contribution is 6.30. The summed E-state index contributed by atoms with van der Waals surface area (Å²) in [5.41, 5.74) is 4.29. The molecule has 27 heavy (non-hydrogen) atoms. The second-order valence-electron chi connectivity index (χ2n) is 6.42. The van der Waals surface area contributed by atoms with Crippen molar-refractivity contribution in [3.63, 3.8) is 0 Å². The number of nitrogens with one attached hydrogen (secondary N) is 1. The van der Waals surface area contributed by atoms with Crippen LogP contribution in [0.3, 0.4) is 0 Å². The Kier molecular flexibility index (Phi) is 5.42. The third-order valence-corrected chi connectivity index (χ3v) is 4.34. The summed E-state index contributed by atoms with van der Waals surface area (Å²) in [5, 5.41) is 4.01. The van der Waals surface area contributed by atoms with E-state index < -0.39 is 11.9 Å². The van der Waals surface area contributed by atoms with E-state index in [0.29, 0.717) is 32.9 Å². The lowest BCUT2D eigenvalue weighted by Gasteiger charge is -2.11. The molecule has 0 saturated heterocycles. The van der Waals surface area contributed by atoms with E-state index in [2.05, 4.69) is 10.3 Å². The van der Waals surface area contributed by atoms with Crippen molar-refractivity contribution in [3.8, 4) is 0 Å². The summed E-state index contributed by atoms with van der Waals surface area (Å²) >= 11 is 5.91. The largest absolute Gasteiger partial charge is 0.452 e. The molecule has 3 rings (SSSR count). The van der Waals surface area contributed by atoms with Gasteiger partial charge in [-0.2, -0.15) is 0 Å². The molecule has 1 heterocycles. The number of ether oxygens (including phenoxy) is 1. The Bertz CT molecular complexity index is 1050. The van der Waals surface area contributed by atoms with Gasteiger partial charge >= 0.3 is 5.97 Å². The number of pyridine rings is 1. The van der Waals surface area contributed by atoms with E-state index in [-0.39, 0.29) is 6.61 Å². The number of carbonyl (C=O) groups excluding carboxylic acids is 2. The van der Waals surface area contributed by atoms with Crippen LogP contribution in [-0.4, -0.2) is 23.5 Å². The molecule has 0 aliphatic rings. The minimum atomic E-state index is -0.556. The molecule has 0 saturated carbocycles. The predicted octanol–water partition coefficient (Wildman–Crippen LogP) is 4.61. The first-order chi connectivity index (χ1) is 12.8. The van der Waals surface area contributed by atoms with Gasteiger partial charge in [0.25, 0.3) is 5.91 Å². The Labute approximate surface area is 162 Å². The van der Waals surface area contributed by atoms with E-state index in [1.54, 1.807) is 24.3 Å². The van der Waals surface area contributed by atoms with Crippen LogP contribution in [0.4, 0.5) is 5.69 Å². The number of aryl methyl sites for hydroxylation is 3. The van der Waals surface area contributed by atoms with Crippen LogP contribution in [-0.2, 0) is 9.53 Å². The summed E-state index contributed by atoms with van der Waals surface area (Å²) in [4.78, 5) is 29.1.